The monoisotopic (exact) mass is 453 g/mol. The smallest absolute Gasteiger partial charge is 0.317 e. The van der Waals surface area contributed by atoms with Crippen LogP contribution in [0.3, 0.4) is 0 Å². The van der Waals surface area contributed by atoms with Crippen LogP contribution in [0.15, 0.2) is 24.3 Å². The van der Waals surface area contributed by atoms with Crippen LogP contribution in [-0.4, -0.2) is 109 Å². The fourth-order valence-corrected chi connectivity index (χ4v) is 3.50. The summed E-state index contributed by atoms with van der Waals surface area (Å²) in [5.74, 6) is -0.866. The van der Waals surface area contributed by atoms with Gasteiger partial charge in [-0.25, -0.2) is 0 Å². The summed E-state index contributed by atoms with van der Waals surface area (Å²) in [5, 5.41) is 16.1. The molecule has 0 amide bonds. The molecule has 0 spiro atoms. The summed E-state index contributed by atoms with van der Waals surface area (Å²) in [4.78, 5) is 39.5. The first-order valence-corrected chi connectivity index (χ1v) is 10.8. The Kier molecular flexibility index (Phi) is 19.6. The lowest BCUT2D eigenvalue weighted by Gasteiger charge is -2.33. The first kappa shape index (κ1) is 32.1. The van der Waals surface area contributed by atoms with Crippen molar-refractivity contribution in [1.29, 1.82) is 0 Å². The van der Waals surface area contributed by atoms with Gasteiger partial charge in [0.2, 0.25) is 0 Å². The number of aryl methyl sites for hydroxylation is 1. The Morgan fingerprint density at radius 3 is 2.03 bits per heavy atom. The van der Waals surface area contributed by atoms with E-state index in [1.807, 2.05) is 30.6 Å². The van der Waals surface area contributed by atoms with Gasteiger partial charge in [-0.15, -0.1) is 0 Å². The summed E-state index contributed by atoms with van der Waals surface area (Å²) in [6, 6.07) is 8.44. The van der Waals surface area contributed by atoms with E-state index in [0.717, 1.165) is 26.1 Å². The Morgan fingerprint density at radius 1 is 0.969 bits per heavy atom. The molecule has 2 rings (SSSR count). The quantitative estimate of drug-likeness (QED) is 0.572. The minimum Gasteiger partial charge on any atom is -0.480 e. The molecule has 1 aliphatic rings. The number of nitrogens with zero attached hydrogens (tertiary/aromatic N) is 3. The molecule has 1 heterocycles. The lowest BCUT2D eigenvalue weighted by Crippen LogP contribution is -2.47. The Morgan fingerprint density at radius 2 is 1.50 bits per heavy atom. The average molecular weight is 454 g/mol. The first-order valence-electron chi connectivity index (χ1n) is 10.8. The summed E-state index contributed by atoms with van der Waals surface area (Å²) in [5.41, 5.74) is 2.39. The number of aliphatic hydroxyl groups is 1. The molecule has 0 saturated carbocycles. The minimum atomic E-state index is -0.866. The lowest BCUT2D eigenvalue weighted by molar-refractivity contribution is -0.138. The van der Waals surface area contributed by atoms with Gasteiger partial charge in [-0.3, -0.25) is 19.5 Å². The molecule has 32 heavy (non-hydrogen) atoms. The minimum absolute atomic E-state index is 0. The van der Waals surface area contributed by atoms with Crippen molar-refractivity contribution in [3.05, 3.63) is 35.4 Å². The zero-order valence-corrected chi connectivity index (χ0v) is 19.4. The van der Waals surface area contributed by atoms with E-state index in [2.05, 4.69) is 29.2 Å². The molecule has 8 nitrogen and oxygen atoms in total. The average Bonchev–Trinajstić information content (AvgIpc) is 2.84. The number of aliphatic hydroxyl groups excluding tert-OH is 1. The Balaban J connectivity index is 0. The lowest BCUT2D eigenvalue weighted by atomic mass is 10.0. The third-order valence-corrected chi connectivity index (χ3v) is 5.01. The molecule has 8 heteroatoms. The zero-order chi connectivity index (χ0) is 23.6. The van der Waals surface area contributed by atoms with Gasteiger partial charge >= 0.3 is 5.97 Å². The predicted molar refractivity (Wildman–Crippen MR) is 129 cm³/mol. The highest BCUT2D eigenvalue weighted by atomic mass is 16.4. The van der Waals surface area contributed by atoms with Crippen LogP contribution in [0.1, 0.15) is 32.4 Å². The van der Waals surface area contributed by atoms with Gasteiger partial charge in [0, 0.05) is 45.9 Å². The highest BCUT2D eigenvalue weighted by molar-refractivity contribution is 5.69. The highest BCUT2D eigenvalue weighted by Gasteiger charge is 2.25. The molecule has 1 atom stereocenters. The second-order valence-electron chi connectivity index (χ2n) is 7.10. The number of rotatable bonds is 8. The van der Waals surface area contributed by atoms with E-state index in [9.17, 15) is 14.4 Å². The van der Waals surface area contributed by atoms with Gasteiger partial charge in [0.15, 0.2) is 0 Å². The van der Waals surface area contributed by atoms with E-state index in [4.69, 9.17) is 10.2 Å². The van der Waals surface area contributed by atoms with Crippen LogP contribution in [0, 0.1) is 6.92 Å². The maximum Gasteiger partial charge on any atom is 0.317 e. The van der Waals surface area contributed by atoms with Crippen LogP contribution < -0.4 is 0 Å². The molecule has 0 aromatic heterocycles. The molecule has 1 unspecified atom stereocenters. The molecule has 1 aliphatic heterocycles. The fourth-order valence-electron chi connectivity index (χ4n) is 3.50. The largest absolute Gasteiger partial charge is 0.480 e. The summed E-state index contributed by atoms with van der Waals surface area (Å²) in [6.45, 7) is 9.71. The van der Waals surface area contributed by atoms with Gasteiger partial charge in [-0.2, -0.15) is 0 Å². The van der Waals surface area contributed by atoms with Gasteiger partial charge in [0.1, 0.15) is 12.6 Å². The van der Waals surface area contributed by atoms with E-state index < -0.39 is 5.97 Å². The standard InChI is InChI=1S/C20H29N3O4.C2H6.CH4O.CH4/c1-17-2-4-18(5-3-17)14-19-15-22(10-12-24)7-6-21(16-20(26)27)8-9-23(19)11-13-25;2*1-2;/h2-5,12-13,19H,6-11,14-16H2,1H3,(H,26,27);1-2H3;2H,1H3;1H4. The van der Waals surface area contributed by atoms with Gasteiger partial charge < -0.3 is 19.8 Å². The summed E-state index contributed by atoms with van der Waals surface area (Å²) < 4.78 is 0. The first-order chi connectivity index (χ1) is 15.0. The number of carboxylic acid groups (broad SMARTS) is 1. The second kappa shape index (κ2) is 19.5. The third-order valence-electron chi connectivity index (χ3n) is 5.01. The van der Waals surface area contributed by atoms with Crippen LogP contribution in [0.4, 0.5) is 0 Å². The van der Waals surface area contributed by atoms with Crippen molar-refractivity contribution >= 4 is 18.5 Å². The van der Waals surface area contributed by atoms with Gasteiger partial charge in [0.25, 0.3) is 0 Å². The number of carbonyl (C=O) groups is 3. The molecule has 0 radical (unpaired) electrons. The van der Waals surface area contributed by atoms with Gasteiger partial charge in [-0.1, -0.05) is 51.1 Å². The van der Waals surface area contributed by atoms with Crippen molar-refractivity contribution in [1.82, 2.24) is 14.7 Å². The number of hydrogen-bond donors (Lipinski definition) is 2. The Hall–Kier alpha value is -2.13. The highest BCUT2D eigenvalue weighted by Crippen LogP contribution is 2.13. The van der Waals surface area contributed by atoms with Gasteiger partial charge in [-0.05, 0) is 18.9 Å². The Bertz CT molecular complexity index is 625. The van der Waals surface area contributed by atoms with E-state index in [1.54, 1.807) is 0 Å². The van der Waals surface area contributed by atoms with Gasteiger partial charge in [0.05, 0.1) is 19.6 Å². The number of carboxylic acids is 1. The molecule has 184 valence electrons. The van der Waals surface area contributed by atoms with Crippen LogP contribution in [0.25, 0.3) is 0 Å². The maximum absolute atomic E-state index is 11.2. The summed E-state index contributed by atoms with van der Waals surface area (Å²) >= 11 is 0. The van der Waals surface area contributed by atoms with Crippen LogP contribution in [0.5, 0.6) is 0 Å². The van der Waals surface area contributed by atoms with Crippen LogP contribution in [-0.2, 0) is 20.8 Å². The van der Waals surface area contributed by atoms with E-state index in [0.29, 0.717) is 45.8 Å². The number of aldehydes is 2. The van der Waals surface area contributed by atoms with Crippen LogP contribution >= 0.6 is 0 Å². The van der Waals surface area contributed by atoms with E-state index in [-0.39, 0.29) is 20.0 Å². The predicted octanol–water partition coefficient (Wildman–Crippen LogP) is 1.58. The zero-order valence-electron chi connectivity index (χ0n) is 19.4. The third kappa shape index (κ3) is 12.7. The van der Waals surface area contributed by atoms with Crippen molar-refractivity contribution in [2.75, 3.05) is 59.5 Å². The Labute approximate surface area is 193 Å². The number of hydrogen-bond acceptors (Lipinski definition) is 7. The molecular formula is C24H43N3O5. The second-order valence-corrected chi connectivity index (χ2v) is 7.10. The summed E-state index contributed by atoms with van der Waals surface area (Å²) in [6.07, 6.45) is 2.56. The van der Waals surface area contributed by atoms with Crippen molar-refractivity contribution in [3.63, 3.8) is 0 Å². The van der Waals surface area contributed by atoms with Crippen molar-refractivity contribution in [2.24, 2.45) is 0 Å². The topological polar surface area (TPSA) is 101 Å². The van der Waals surface area contributed by atoms with E-state index in [1.165, 1.54) is 11.1 Å². The molecule has 1 fully saturated rings. The molecule has 0 aliphatic carbocycles. The fraction of sp³-hybridized carbons (Fsp3) is 0.625. The molecule has 1 aromatic rings. The van der Waals surface area contributed by atoms with E-state index >= 15 is 0 Å². The van der Waals surface area contributed by atoms with Crippen molar-refractivity contribution in [2.45, 2.75) is 40.7 Å². The van der Waals surface area contributed by atoms with Crippen molar-refractivity contribution in [3.8, 4) is 0 Å². The molecular weight excluding hydrogens is 410 g/mol. The van der Waals surface area contributed by atoms with Crippen molar-refractivity contribution < 1.29 is 24.6 Å². The normalized spacial score (nSPS) is 17.6. The number of benzene rings is 1. The molecule has 2 N–H and O–H groups in total. The molecule has 1 saturated heterocycles. The molecule has 1 aromatic carbocycles. The molecule has 0 bridgehead atoms. The number of carbonyl (C=O) groups excluding carboxylic acids is 2. The van der Waals surface area contributed by atoms with Crippen LogP contribution in [0.2, 0.25) is 0 Å². The summed E-state index contributed by atoms with van der Waals surface area (Å²) in [7, 11) is 1.00. The maximum atomic E-state index is 11.2. The SMILES string of the molecule is C.CC.CO.Cc1ccc(CC2CN(CC=O)CCN(CC(=O)O)CCN2CC=O)cc1. The number of aliphatic carboxylic acids is 1.